The van der Waals surface area contributed by atoms with Crippen molar-refractivity contribution >= 4 is 63.0 Å². The Labute approximate surface area is 217 Å². The summed E-state index contributed by atoms with van der Waals surface area (Å²) in [7, 11) is 0. The van der Waals surface area contributed by atoms with E-state index in [1.165, 1.54) is 0 Å². The van der Waals surface area contributed by atoms with Crippen molar-refractivity contribution in [2.45, 2.75) is 23.1 Å². The van der Waals surface area contributed by atoms with E-state index in [0.717, 1.165) is 44.9 Å². The molecule has 0 bridgehead atoms. The van der Waals surface area contributed by atoms with Crippen LogP contribution in [0.4, 0.5) is 0 Å². The smallest absolute Gasteiger partial charge is 0.287 e. The number of amides is 1. The van der Waals surface area contributed by atoms with Gasteiger partial charge in [0, 0.05) is 26.6 Å². The van der Waals surface area contributed by atoms with E-state index < -0.39 is 0 Å². The number of imidazole rings is 1. The van der Waals surface area contributed by atoms with Crippen LogP contribution in [0.3, 0.4) is 0 Å². The summed E-state index contributed by atoms with van der Waals surface area (Å²) in [5, 5.41) is 4.83. The number of hydrogen-bond acceptors (Lipinski definition) is 5. The zero-order valence-corrected chi connectivity index (χ0v) is 21.5. The van der Waals surface area contributed by atoms with Gasteiger partial charge in [0.25, 0.3) is 5.91 Å². The molecule has 1 atom stereocenters. The van der Waals surface area contributed by atoms with Crippen molar-refractivity contribution in [2.24, 2.45) is 0 Å². The third kappa shape index (κ3) is 5.37. The minimum Gasteiger partial charge on any atom is -0.451 e. The highest BCUT2D eigenvalue weighted by Crippen LogP contribution is 2.33. The standard InChI is InChI=1S/C27H24ClN3O2S2/c1-34-15-14-23(26-29-21-7-3-4-8-22(21)30-26)31-27(32)25-20(19-6-2-5-9-24(19)33-25)16-35-18-12-10-17(28)11-13-18/h2-13,23H,14-16H2,1H3,(H,29,30)(H,31,32). The van der Waals surface area contributed by atoms with Crippen LogP contribution in [-0.2, 0) is 5.75 Å². The molecule has 0 fully saturated rings. The maximum atomic E-state index is 13.6. The van der Waals surface area contributed by atoms with Crippen molar-refractivity contribution in [1.29, 1.82) is 0 Å². The first-order chi connectivity index (χ1) is 17.1. The average Bonchev–Trinajstić information content (AvgIpc) is 3.48. The molecule has 8 heteroatoms. The number of H-pyrrole nitrogens is 1. The number of rotatable bonds is 9. The first-order valence-electron chi connectivity index (χ1n) is 11.3. The summed E-state index contributed by atoms with van der Waals surface area (Å²) in [4.78, 5) is 22.8. The molecule has 0 saturated carbocycles. The quantitative estimate of drug-likeness (QED) is 0.197. The minimum absolute atomic E-state index is 0.237. The highest BCUT2D eigenvalue weighted by atomic mass is 35.5. The van der Waals surface area contributed by atoms with Gasteiger partial charge in [-0.2, -0.15) is 11.8 Å². The molecule has 178 valence electrons. The maximum Gasteiger partial charge on any atom is 0.287 e. The van der Waals surface area contributed by atoms with Crippen molar-refractivity contribution in [2.75, 3.05) is 12.0 Å². The van der Waals surface area contributed by atoms with E-state index in [9.17, 15) is 4.79 Å². The van der Waals surface area contributed by atoms with Gasteiger partial charge in [-0.25, -0.2) is 4.98 Å². The van der Waals surface area contributed by atoms with E-state index in [1.54, 1.807) is 23.5 Å². The molecule has 3 aromatic carbocycles. The molecule has 0 aliphatic rings. The Hall–Kier alpha value is -2.87. The molecular formula is C27H24ClN3O2S2. The van der Waals surface area contributed by atoms with Crippen molar-refractivity contribution in [1.82, 2.24) is 15.3 Å². The van der Waals surface area contributed by atoms with Crippen molar-refractivity contribution in [3.05, 3.63) is 95.0 Å². The lowest BCUT2D eigenvalue weighted by Gasteiger charge is -2.16. The van der Waals surface area contributed by atoms with Gasteiger partial charge in [-0.05, 0) is 60.9 Å². The van der Waals surface area contributed by atoms with Gasteiger partial charge in [-0.15, -0.1) is 11.8 Å². The summed E-state index contributed by atoms with van der Waals surface area (Å²) in [5.74, 6) is 2.35. The second-order valence-corrected chi connectivity index (χ2v) is 10.6. The van der Waals surface area contributed by atoms with Gasteiger partial charge in [0.2, 0.25) is 0 Å². The van der Waals surface area contributed by atoms with Crippen LogP contribution in [0, 0.1) is 0 Å². The number of hydrogen-bond donors (Lipinski definition) is 2. The van der Waals surface area contributed by atoms with E-state index >= 15 is 0 Å². The van der Waals surface area contributed by atoms with Crippen LogP contribution in [0.2, 0.25) is 5.02 Å². The van der Waals surface area contributed by atoms with Gasteiger partial charge in [-0.1, -0.05) is 41.9 Å². The Morgan fingerprint density at radius 3 is 2.66 bits per heavy atom. The fourth-order valence-electron chi connectivity index (χ4n) is 3.99. The molecule has 1 unspecified atom stereocenters. The highest BCUT2D eigenvalue weighted by molar-refractivity contribution is 7.98. The number of furan rings is 1. The lowest BCUT2D eigenvalue weighted by atomic mass is 10.1. The summed E-state index contributed by atoms with van der Waals surface area (Å²) in [6.07, 6.45) is 2.81. The fraction of sp³-hybridized carbons (Fsp3) is 0.185. The number of aromatic amines is 1. The second kappa shape index (κ2) is 10.8. The number of fused-ring (bicyclic) bond motifs is 2. The Morgan fingerprint density at radius 1 is 1.09 bits per heavy atom. The van der Waals surface area contributed by atoms with Gasteiger partial charge in [0.05, 0.1) is 17.1 Å². The summed E-state index contributed by atoms with van der Waals surface area (Å²) in [6, 6.07) is 23.1. The van der Waals surface area contributed by atoms with Crippen molar-refractivity contribution in [3.8, 4) is 0 Å². The molecule has 0 radical (unpaired) electrons. The van der Waals surface area contributed by atoms with Crippen molar-refractivity contribution in [3.63, 3.8) is 0 Å². The topological polar surface area (TPSA) is 70.9 Å². The number of aromatic nitrogens is 2. The number of carbonyl (C=O) groups is 1. The van der Waals surface area contributed by atoms with Crippen LogP contribution in [0.15, 0.2) is 82.1 Å². The predicted octanol–water partition coefficient (Wildman–Crippen LogP) is 7.48. The first kappa shape index (κ1) is 23.9. The summed E-state index contributed by atoms with van der Waals surface area (Å²) in [6.45, 7) is 0. The van der Waals surface area contributed by atoms with Crippen molar-refractivity contribution < 1.29 is 9.21 Å². The van der Waals surface area contributed by atoms with Gasteiger partial charge in [0.15, 0.2) is 5.76 Å². The van der Waals surface area contributed by atoms with Crippen LogP contribution >= 0.6 is 35.1 Å². The SMILES string of the molecule is CSCCC(NC(=O)c1oc2ccccc2c1CSc1ccc(Cl)cc1)c1nc2ccccc2[nH]1. The molecular weight excluding hydrogens is 498 g/mol. The van der Waals surface area contributed by atoms with Gasteiger partial charge < -0.3 is 14.7 Å². The van der Waals surface area contributed by atoms with Crippen LogP contribution in [0.5, 0.6) is 0 Å². The number of para-hydroxylation sites is 3. The Morgan fingerprint density at radius 2 is 1.86 bits per heavy atom. The molecule has 35 heavy (non-hydrogen) atoms. The summed E-state index contributed by atoms with van der Waals surface area (Å²) < 4.78 is 6.09. The zero-order valence-electron chi connectivity index (χ0n) is 19.1. The number of benzene rings is 3. The molecule has 2 aromatic heterocycles. The van der Waals surface area contributed by atoms with E-state index in [-0.39, 0.29) is 11.9 Å². The second-order valence-electron chi connectivity index (χ2n) is 8.10. The van der Waals surface area contributed by atoms with E-state index in [1.807, 2.05) is 72.8 Å². The van der Waals surface area contributed by atoms with E-state index in [4.69, 9.17) is 21.0 Å². The molecule has 5 aromatic rings. The highest BCUT2D eigenvalue weighted by Gasteiger charge is 2.25. The van der Waals surface area contributed by atoms with Crippen LogP contribution in [0.1, 0.15) is 34.4 Å². The molecule has 0 spiro atoms. The van der Waals surface area contributed by atoms with Crippen LogP contribution in [-0.4, -0.2) is 27.9 Å². The monoisotopic (exact) mass is 521 g/mol. The number of thioether (sulfide) groups is 2. The molecule has 2 heterocycles. The molecule has 0 aliphatic carbocycles. The fourth-order valence-corrected chi connectivity index (χ4v) is 5.51. The van der Waals surface area contributed by atoms with E-state index in [0.29, 0.717) is 22.1 Å². The largest absolute Gasteiger partial charge is 0.451 e. The third-order valence-corrected chi connectivity index (χ3v) is 7.69. The normalized spacial score (nSPS) is 12.3. The number of nitrogens with zero attached hydrogens (tertiary/aromatic N) is 1. The molecule has 0 saturated heterocycles. The van der Waals surface area contributed by atoms with E-state index in [2.05, 4.69) is 16.6 Å². The average molecular weight is 522 g/mol. The van der Waals surface area contributed by atoms with Gasteiger partial charge in [-0.3, -0.25) is 4.79 Å². The lowest BCUT2D eigenvalue weighted by Crippen LogP contribution is -2.30. The molecule has 5 rings (SSSR count). The molecule has 0 aliphatic heterocycles. The number of nitrogens with one attached hydrogen (secondary N) is 2. The lowest BCUT2D eigenvalue weighted by molar-refractivity contribution is 0.0907. The Bertz CT molecular complexity index is 1430. The zero-order chi connectivity index (χ0) is 24.2. The van der Waals surface area contributed by atoms with Gasteiger partial charge >= 0.3 is 0 Å². The van der Waals surface area contributed by atoms with Crippen LogP contribution in [0.25, 0.3) is 22.0 Å². The minimum atomic E-state index is -0.257. The summed E-state index contributed by atoms with van der Waals surface area (Å²) >= 11 is 9.41. The van der Waals surface area contributed by atoms with Crippen LogP contribution < -0.4 is 5.32 Å². The molecule has 1 amide bonds. The maximum absolute atomic E-state index is 13.6. The summed E-state index contributed by atoms with van der Waals surface area (Å²) in [5.41, 5.74) is 3.42. The predicted molar refractivity (Wildman–Crippen MR) is 147 cm³/mol. The Balaban J connectivity index is 1.44. The number of carbonyl (C=O) groups excluding carboxylic acids is 1. The Kier molecular flexibility index (Phi) is 7.37. The van der Waals surface area contributed by atoms with Gasteiger partial charge in [0.1, 0.15) is 11.4 Å². The number of halogens is 1. The first-order valence-corrected chi connectivity index (χ1v) is 14.0. The third-order valence-electron chi connectivity index (χ3n) is 5.76. The molecule has 2 N–H and O–H groups in total. The molecule has 5 nitrogen and oxygen atoms in total.